The fourth-order valence-corrected chi connectivity index (χ4v) is 2.67. The fraction of sp³-hybridized carbons (Fsp3) is 0.368. The van der Waals surface area contributed by atoms with Gasteiger partial charge < -0.3 is 0 Å². The van der Waals surface area contributed by atoms with Crippen molar-refractivity contribution in [3.63, 3.8) is 0 Å². The van der Waals surface area contributed by atoms with Gasteiger partial charge in [-0.25, -0.2) is 0 Å². The molecular weight excluding hydrogens is 256 g/mol. The lowest BCUT2D eigenvalue weighted by molar-refractivity contribution is 0.491. The molecule has 0 amide bonds. The lowest BCUT2D eigenvalue weighted by atomic mass is 9.97. The van der Waals surface area contributed by atoms with Gasteiger partial charge >= 0.3 is 0 Å². The second-order valence-electron chi connectivity index (χ2n) is 6.01. The maximum Gasteiger partial charge on any atom is 0.0254 e. The van der Waals surface area contributed by atoms with Gasteiger partial charge in [0.25, 0.3) is 0 Å². The Hall–Kier alpha value is -1.64. The number of hydrogen-bond donors (Lipinski definition) is 2. The Morgan fingerprint density at radius 3 is 2.43 bits per heavy atom. The average molecular weight is 282 g/mol. The molecule has 0 fully saturated rings. The molecule has 2 rings (SSSR count). The maximum absolute atomic E-state index is 5.73. The number of nitrogens with two attached hydrogens (primary N) is 1. The molecule has 21 heavy (non-hydrogen) atoms. The molecule has 2 heteroatoms. The Labute approximate surface area is 128 Å². The topological polar surface area (TPSA) is 38.0 Å². The summed E-state index contributed by atoms with van der Waals surface area (Å²) in [5, 5.41) is 0. The number of hydrogen-bond acceptors (Lipinski definition) is 2. The summed E-state index contributed by atoms with van der Waals surface area (Å²) < 4.78 is 0. The molecule has 0 aliphatic carbocycles. The van der Waals surface area contributed by atoms with E-state index in [9.17, 15) is 0 Å². The van der Waals surface area contributed by atoms with E-state index in [4.69, 9.17) is 5.84 Å². The van der Waals surface area contributed by atoms with Crippen molar-refractivity contribution in [2.24, 2.45) is 5.84 Å². The first-order valence-corrected chi connectivity index (χ1v) is 7.66. The fourth-order valence-electron chi connectivity index (χ4n) is 2.67. The summed E-state index contributed by atoms with van der Waals surface area (Å²) >= 11 is 0. The van der Waals surface area contributed by atoms with Crippen molar-refractivity contribution in [1.82, 2.24) is 5.43 Å². The Bertz CT molecular complexity index is 590. The van der Waals surface area contributed by atoms with Crippen LogP contribution < -0.4 is 11.3 Å². The first-order valence-electron chi connectivity index (χ1n) is 7.66. The number of hydrazine groups is 1. The van der Waals surface area contributed by atoms with Crippen molar-refractivity contribution in [3.8, 4) is 0 Å². The highest BCUT2D eigenvalue weighted by molar-refractivity contribution is 5.30. The molecule has 3 N–H and O–H groups in total. The summed E-state index contributed by atoms with van der Waals surface area (Å²) in [7, 11) is 0. The summed E-state index contributed by atoms with van der Waals surface area (Å²) in [6.07, 6.45) is 3.08. The van der Waals surface area contributed by atoms with E-state index in [0.29, 0.717) is 6.04 Å². The highest BCUT2D eigenvalue weighted by Gasteiger charge is 2.09. The quantitative estimate of drug-likeness (QED) is 0.627. The van der Waals surface area contributed by atoms with Gasteiger partial charge in [-0.2, -0.15) is 0 Å². The van der Waals surface area contributed by atoms with Crippen LogP contribution in [0.3, 0.4) is 0 Å². The normalized spacial score (nSPS) is 12.4. The second kappa shape index (κ2) is 7.39. The summed E-state index contributed by atoms with van der Waals surface area (Å²) in [6, 6.07) is 15.7. The Morgan fingerprint density at radius 2 is 1.76 bits per heavy atom. The minimum absolute atomic E-state index is 0.313. The van der Waals surface area contributed by atoms with Crippen LogP contribution in [0.15, 0.2) is 42.5 Å². The molecule has 0 bridgehead atoms. The number of nitrogens with one attached hydrogen (secondary N) is 1. The largest absolute Gasteiger partial charge is 0.271 e. The number of aryl methyl sites for hydroxylation is 4. The minimum atomic E-state index is 0.313. The zero-order chi connectivity index (χ0) is 15.2. The van der Waals surface area contributed by atoms with E-state index in [1.165, 1.54) is 27.8 Å². The van der Waals surface area contributed by atoms with Gasteiger partial charge in [-0.3, -0.25) is 11.3 Å². The molecular formula is C19H26N2. The van der Waals surface area contributed by atoms with E-state index in [2.05, 4.69) is 68.7 Å². The van der Waals surface area contributed by atoms with Gasteiger partial charge in [0.05, 0.1) is 0 Å². The van der Waals surface area contributed by atoms with Crippen molar-refractivity contribution in [1.29, 1.82) is 0 Å². The average Bonchev–Trinajstić information content (AvgIpc) is 2.47. The van der Waals surface area contributed by atoms with E-state index in [1.807, 2.05) is 0 Å². The summed E-state index contributed by atoms with van der Waals surface area (Å²) in [6.45, 7) is 6.45. The van der Waals surface area contributed by atoms with Crippen LogP contribution in [0.5, 0.6) is 0 Å². The zero-order valence-corrected chi connectivity index (χ0v) is 13.3. The lowest BCUT2D eigenvalue weighted by Crippen LogP contribution is -2.37. The summed E-state index contributed by atoms with van der Waals surface area (Å²) in [5.74, 6) is 5.73. The maximum atomic E-state index is 5.73. The highest BCUT2D eigenvalue weighted by Crippen LogP contribution is 2.14. The molecule has 0 heterocycles. The van der Waals surface area contributed by atoms with E-state index in [1.54, 1.807) is 0 Å². The van der Waals surface area contributed by atoms with Gasteiger partial charge in [0.2, 0.25) is 0 Å². The third kappa shape index (κ3) is 4.69. The molecule has 2 nitrogen and oxygen atoms in total. The Kier molecular flexibility index (Phi) is 5.54. The van der Waals surface area contributed by atoms with Gasteiger partial charge in [-0.1, -0.05) is 48.0 Å². The monoisotopic (exact) mass is 282 g/mol. The van der Waals surface area contributed by atoms with Crippen molar-refractivity contribution in [2.45, 2.75) is 46.1 Å². The van der Waals surface area contributed by atoms with Crippen LogP contribution in [0.4, 0.5) is 0 Å². The van der Waals surface area contributed by atoms with Gasteiger partial charge in [0, 0.05) is 6.04 Å². The molecule has 1 atom stereocenters. The zero-order valence-electron chi connectivity index (χ0n) is 13.3. The van der Waals surface area contributed by atoms with E-state index >= 15 is 0 Å². The third-order valence-corrected chi connectivity index (χ3v) is 4.15. The highest BCUT2D eigenvalue weighted by atomic mass is 15.2. The molecule has 0 saturated heterocycles. The van der Waals surface area contributed by atoms with Gasteiger partial charge in [0.1, 0.15) is 0 Å². The minimum Gasteiger partial charge on any atom is -0.271 e. The molecule has 0 aliphatic heterocycles. The van der Waals surface area contributed by atoms with Crippen molar-refractivity contribution in [2.75, 3.05) is 0 Å². The molecule has 1 unspecified atom stereocenters. The SMILES string of the molecule is Cc1cccc(CCC(Cc2ccc(C)c(C)c2)NN)c1. The van der Waals surface area contributed by atoms with Crippen molar-refractivity contribution in [3.05, 3.63) is 70.3 Å². The molecule has 112 valence electrons. The third-order valence-electron chi connectivity index (χ3n) is 4.15. The number of benzene rings is 2. The molecule has 0 aliphatic rings. The predicted molar refractivity (Wildman–Crippen MR) is 90.2 cm³/mol. The lowest BCUT2D eigenvalue weighted by Gasteiger charge is -2.17. The number of rotatable bonds is 6. The molecule has 0 spiro atoms. The van der Waals surface area contributed by atoms with Gasteiger partial charge in [-0.15, -0.1) is 0 Å². The molecule has 2 aromatic carbocycles. The van der Waals surface area contributed by atoms with Gasteiger partial charge in [-0.05, 0) is 62.3 Å². The van der Waals surface area contributed by atoms with Crippen LogP contribution in [0.25, 0.3) is 0 Å². The second-order valence-corrected chi connectivity index (χ2v) is 6.01. The first-order chi connectivity index (χ1) is 10.1. The van der Waals surface area contributed by atoms with E-state index in [0.717, 1.165) is 19.3 Å². The van der Waals surface area contributed by atoms with Crippen molar-refractivity contribution < 1.29 is 0 Å². The Morgan fingerprint density at radius 1 is 0.952 bits per heavy atom. The van der Waals surface area contributed by atoms with Crippen LogP contribution >= 0.6 is 0 Å². The molecule has 0 radical (unpaired) electrons. The van der Waals surface area contributed by atoms with Crippen LogP contribution in [-0.2, 0) is 12.8 Å². The van der Waals surface area contributed by atoms with Crippen LogP contribution in [0.1, 0.15) is 34.2 Å². The molecule has 2 aromatic rings. The standard InChI is InChI=1S/C19H26N2/c1-14-5-4-6-17(11-14)9-10-19(21-20)13-18-8-7-15(2)16(3)12-18/h4-8,11-12,19,21H,9-10,13,20H2,1-3H3. The summed E-state index contributed by atoms with van der Waals surface area (Å²) in [4.78, 5) is 0. The van der Waals surface area contributed by atoms with Crippen LogP contribution in [0.2, 0.25) is 0 Å². The predicted octanol–water partition coefficient (Wildman–Crippen LogP) is 3.62. The van der Waals surface area contributed by atoms with Crippen LogP contribution in [0, 0.1) is 20.8 Å². The smallest absolute Gasteiger partial charge is 0.0254 e. The van der Waals surface area contributed by atoms with Gasteiger partial charge in [0.15, 0.2) is 0 Å². The van der Waals surface area contributed by atoms with E-state index < -0.39 is 0 Å². The first kappa shape index (κ1) is 15.7. The Balaban J connectivity index is 1.95. The van der Waals surface area contributed by atoms with E-state index in [-0.39, 0.29) is 0 Å². The summed E-state index contributed by atoms with van der Waals surface area (Å²) in [5.41, 5.74) is 9.72. The van der Waals surface area contributed by atoms with Crippen molar-refractivity contribution >= 4 is 0 Å². The van der Waals surface area contributed by atoms with Crippen LogP contribution in [-0.4, -0.2) is 6.04 Å². The molecule has 0 saturated carbocycles. The molecule has 0 aromatic heterocycles.